The summed E-state index contributed by atoms with van der Waals surface area (Å²) in [6.45, 7) is 2.24. The largest absolute Gasteiger partial charge is 0.493 e. The second-order valence-corrected chi connectivity index (χ2v) is 4.42. The van der Waals surface area contributed by atoms with E-state index < -0.39 is 17.9 Å². The molecule has 0 aliphatic carbocycles. The minimum atomic E-state index is -1.15. The van der Waals surface area contributed by atoms with Gasteiger partial charge in [-0.1, -0.05) is 18.2 Å². The molecule has 0 saturated carbocycles. The third-order valence-electron chi connectivity index (χ3n) is 3.19. The Kier molecular flexibility index (Phi) is 4.04. The normalized spacial score (nSPS) is 18.3. The first kappa shape index (κ1) is 13.4. The van der Waals surface area contributed by atoms with E-state index in [-0.39, 0.29) is 18.9 Å². The van der Waals surface area contributed by atoms with Crippen molar-refractivity contribution in [3.05, 3.63) is 29.8 Å². The molecule has 1 aromatic carbocycles. The Morgan fingerprint density at radius 1 is 1.47 bits per heavy atom. The highest BCUT2D eigenvalue weighted by Gasteiger charge is 2.34. The lowest BCUT2D eigenvalue weighted by molar-refractivity contribution is -0.158. The van der Waals surface area contributed by atoms with Gasteiger partial charge in [-0.2, -0.15) is 0 Å². The van der Waals surface area contributed by atoms with Crippen LogP contribution >= 0.6 is 0 Å². The lowest BCUT2D eigenvalue weighted by atomic mass is 9.90. The van der Waals surface area contributed by atoms with Gasteiger partial charge >= 0.3 is 11.9 Å². The molecule has 19 heavy (non-hydrogen) atoms. The Morgan fingerprint density at radius 3 is 2.89 bits per heavy atom. The van der Waals surface area contributed by atoms with Crippen molar-refractivity contribution in [2.45, 2.75) is 19.3 Å². The number of benzene rings is 1. The SMILES string of the molecule is CCOC(=O)C(CC1COc2ccccc21)C(=O)O. The number of aliphatic carboxylic acids is 1. The highest BCUT2D eigenvalue weighted by Crippen LogP contribution is 2.37. The number of para-hydroxylation sites is 1. The molecule has 1 aliphatic heterocycles. The molecule has 0 amide bonds. The van der Waals surface area contributed by atoms with Crippen molar-refractivity contribution in [2.75, 3.05) is 13.2 Å². The van der Waals surface area contributed by atoms with E-state index in [0.717, 1.165) is 11.3 Å². The number of esters is 1. The average Bonchev–Trinajstić information content (AvgIpc) is 2.79. The second kappa shape index (κ2) is 5.73. The van der Waals surface area contributed by atoms with Gasteiger partial charge in [0, 0.05) is 11.5 Å². The lowest BCUT2D eigenvalue weighted by Gasteiger charge is -2.15. The number of carboxylic acid groups (broad SMARTS) is 1. The molecule has 0 saturated heterocycles. The lowest BCUT2D eigenvalue weighted by Crippen LogP contribution is -2.28. The summed E-state index contributed by atoms with van der Waals surface area (Å²) in [5.41, 5.74) is 0.957. The van der Waals surface area contributed by atoms with Crippen LogP contribution in [-0.2, 0) is 14.3 Å². The van der Waals surface area contributed by atoms with Crippen LogP contribution in [0, 0.1) is 5.92 Å². The summed E-state index contributed by atoms with van der Waals surface area (Å²) in [5.74, 6) is -2.29. The summed E-state index contributed by atoms with van der Waals surface area (Å²) < 4.78 is 10.3. The molecule has 1 aliphatic rings. The highest BCUT2D eigenvalue weighted by molar-refractivity contribution is 5.94. The van der Waals surface area contributed by atoms with Crippen LogP contribution in [-0.4, -0.2) is 30.3 Å². The quantitative estimate of drug-likeness (QED) is 0.648. The molecule has 0 fully saturated rings. The van der Waals surface area contributed by atoms with E-state index in [1.165, 1.54) is 0 Å². The number of fused-ring (bicyclic) bond motifs is 1. The summed E-state index contributed by atoms with van der Waals surface area (Å²) in [5, 5.41) is 9.14. The number of hydrogen-bond donors (Lipinski definition) is 1. The predicted molar refractivity (Wildman–Crippen MR) is 67.1 cm³/mol. The average molecular weight is 264 g/mol. The molecule has 2 atom stereocenters. The van der Waals surface area contributed by atoms with Gasteiger partial charge in [0.05, 0.1) is 13.2 Å². The van der Waals surface area contributed by atoms with Gasteiger partial charge in [0.1, 0.15) is 5.75 Å². The molecule has 5 heteroatoms. The molecular formula is C14H16O5. The Morgan fingerprint density at radius 2 is 2.21 bits per heavy atom. The van der Waals surface area contributed by atoms with Crippen molar-refractivity contribution in [1.29, 1.82) is 0 Å². The van der Waals surface area contributed by atoms with Gasteiger partial charge in [-0.25, -0.2) is 0 Å². The molecule has 1 N–H and O–H groups in total. The van der Waals surface area contributed by atoms with E-state index in [2.05, 4.69) is 0 Å². The van der Waals surface area contributed by atoms with Gasteiger partial charge in [0.15, 0.2) is 5.92 Å². The maximum Gasteiger partial charge on any atom is 0.320 e. The highest BCUT2D eigenvalue weighted by atomic mass is 16.5. The van der Waals surface area contributed by atoms with E-state index in [1.54, 1.807) is 6.92 Å². The van der Waals surface area contributed by atoms with E-state index >= 15 is 0 Å². The van der Waals surface area contributed by atoms with Gasteiger partial charge < -0.3 is 14.6 Å². The van der Waals surface area contributed by atoms with Crippen molar-refractivity contribution < 1.29 is 24.2 Å². The summed E-state index contributed by atoms with van der Waals surface area (Å²) in [7, 11) is 0. The third kappa shape index (κ3) is 2.86. The van der Waals surface area contributed by atoms with Crippen LogP contribution in [0.1, 0.15) is 24.8 Å². The van der Waals surface area contributed by atoms with Crippen molar-refractivity contribution in [3.8, 4) is 5.75 Å². The zero-order valence-corrected chi connectivity index (χ0v) is 10.7. The molecule has 5 nitrogen and oxygen atoms in total. The van der Waals surface area contributed by atoms with E-state index in [0.29, 0.717) is 6.61 Å². The van der Waals surface area contributed by atoms with E-state index in [9.17, 15) is 9.59 Å². The summed E-state index contributed by atoms with van der Waals surface area (Å²) >= 11 is 0. The van der Waals surface area contributed by atoms with Gasteiger partial charge in [0.2, 0.25) is 0 Å². The van der Waals surface area contributed by atoms with Crippen LogP contribution in [0.4, 0.5) is 0 Å². The maximum absolute atomic E-state index is 11.6. The zero-order chi connectivity index (χ0) is 13.8. The maximum atomic E-state index is 11.6. The first-order valence-corrected chi connectivity index (χ1v) is 6.24. The Balaban J connectivity index is 2.11. The summed E-state index contributed by atoms with van der Waals surface area (Å²) in [6.07, 6.45) is 0.200. The van der Waals surface area contributed by atoms with Crippen LogP contribution < -0.4 is 4.74 Å². The van der Waals surface area contributed by atoms with E-state index in [4.69, 9.17) is 14.6 Å². The molecule has 0 spiro atoms. The number of carbonyl (C=O) groups is 2. The van der Waals surface area contributed by atoms with Gasteiger partial charge in [-0.05, 0) is 19.4 Å². The number of carbonyl (C=O) groups excluding carboxylic acids is 1. The summed E-state index contributed by atoms with van der Waals surface area (Å²) in [4.78, 5) is 22.8. The number of ether oxygens (including phenoxy) is 2. The molecule has 0 bridgehead atoms. The first-order valence-electron chi connectivity index (χ1n) is 6.24. The Labute approximate surface area is 111 Å². The van der Waals surface area contributed by atoms with Crippen molar-refractivity contribution >= 4 is 11.9 Å². The van der Waals surface area contributed by atoms with Crippen molar-refractivity contribution in [1.82, 2.24) is 0 Å². The first-order chi connectivity index (χ1) is 9.13. The zero-order valence-electron chi connectivity index (χ0n) is 10.7. The third-order valence-corrected chi connectivity index (χ3v) is 3.19. The minimum Gasteiger partial charge on any atom is -0.493 e. The fourth-order valence-electron chi connectivity index (χ4n) is 2.25. The Bertz CT molecular complexity index is 482. The van der Waals surface area contributed by atoms with Crippen LogP contribution in [0.15, 0.2) is 24.3 Å². The van der Waals surface area contributed by atoms with Crippen molar-refractivity contribution in [3.63, 3.8) is 0 Å². The van der Waals surface area contributed by atoms with Gasteiger partial charge in [-0.3, -0.25) is 9.59 Å². The van der Waals surface area contributed by atoms with Crippen molar-refractivity contribution in [2.24, 2.45) is 5.92 Å². The molecule has 102 valence electrons. The number of rotatable bonds is 5. The smallest absolute Gasteiger partial charge is 0.320 e. The Hall–Kier alpha value is -2.04. The number of carboxylic acids is 1. The molecule has 0 radical (unpaired) electrons. The standard InChI is InChI=1S/C14H16O5/c1-2-18-14(17)11(13(15)16)7-9-8-19-12-6-4-3-5-10(9)12/h3-6,9,11H,2,7-8H2,1H3,(H,15,16). The predicted octanol–water partition coefficient (Wildman–Crippen LogP) is 1.82. The van der Waals surface area contributed by atoms with Crippen LogP contribution in [0.2, 0.25) is 0 Å². The fraction of sp³-hybridized carbons (Fsp3) is 0.429. The van der Waals surface area contributed by atoms with Gasteiger partial charge in [-0.15, -0.1) is 0 Å². The molecule has 2 unspecified atom stereocenters. The summed E-state index contributed by atoms with van der Waals surface area (Å²) in [6, 6.07) is 7.48. The number of hydrogen-bond acceptors (Lipinski definition) is 4. The monoisotopic (exact) mass is 264 g/mol. The minimum absolute atomic E-state index is 0.0818. The van der Waals surface area contributed by atoms with Crippen LogP contribution in [0.3, 0.4) is 0 Å². The topological polar surface area (TPSA) is 72.8 Å². The molecule has 1 aromatic rings. The molecule has 1 heterocycles. The van der Waals surface area contributed by atoms with Crippen LogP contribution in [0.25, 0.3) is 0 Å². The fourth-order valence-corrected chi connectivity index (χ4v) is 2.25. The van der Waals surface area contributed by atoms with Gasteiger partial charge in [0.25, 0.3) is 0 Å². The second-order valence-electron chi connectivity index (χ2n) is 4.42. The van der Waals surface area contributed by atoms with Crippen LogP contribution in [0.5, 0.6) is 5.75 Å². The van der Waals surface area contributed by atoms with E-state index in [1.807, 2.05) is 24.3 Å². The molecular weight excluding hydrogens is 248 g/mol. The molecule has 2 rings (SSSR count). The molecule has 0 aromatic heterocycles.